The number of aliphatic hydroxyl groups is 1. The number of rotatable bonds is 6. The van der Waals surface area contributed by atoms with Gasteiger partial charge in [0.1, 0.15) is 0 Å². The zero-order chi connectivity index (χ0) is 12.0. The van der Waals surface area contributed by atoms with Crippen LogP contribution in [0.5, 0.6) is 0 Å². The summed E-state index contributed by atoms with van der Waals surface area (Å²) in [4.78, 5) is 0.194. The van der Waals surface area contributed by atoms with Crippen molar-refractivity contribution in [3.63, 3.8) is 0 Å². The number of nitrogens with one attached hydrogen (secondary N) is 1. The Morgan fingerprint density at radius 1 is 1.25 bits per heavy atom. The SMILES string of the molecule is O=S(=O)(NCCO)c1ccc(CCCl)cc1. The van der Waals surface area contributed by atoms with Gasteiger partial charge in [-0.25, -0.2) is 13.1 Å². The number of sulfonamides is 1. The second-order valence-corrected chi connectivity index (χ2v) is 5.35. The fraction of sp³-hybridized carbons (Fsp3) is 0.400. The topological polar surface area (TPSA) is 66.4 Å². The first kappa shape index (κ1) is 13.4. The van der Waals surface area contributed by atoms with Crippen LogP contribution in [-0.2, 0) is 16.4 Å². The van der Waals surface area contributed by atoms with E-state index in [2.05, 4.69) is 4.72 Å². The largest absolute Gasteiger partial charge is 0.395 e. The summed E-state index contributed by atoms with van der Waals surface area (Å²) in [5, 5.41) is 8.55. The maximum absolute atomic E-state index is 11.6. The fourth-order valence-electron chi connectivity index (χ4n) is 1.21. The average molecular weight is 264 g/mol. The summed E-state index contributed by atoms with van der Waals surface area (Å²) in [5.41, 5.74) is 0.996. The molecule has 1 aromatic carbocycles. The highest BCUT2D eigenvalue weighted by Gasteiger charge is 2.12. The van der Waals surface area contributed by atoms with Crippen LogP contribution in [0.25, 0.3) is 0 Å². The Hall–Kier alpha value is -0.620. The zero-order valence-electron chi connectivity index (χ0n) is 8.69. The molecular weight excluding hydrogens is 250 g/mol. The van der Waals surface area contributed by atoms with Crippen molar-refractivity contribution in [3.8, 4) is 0 Å². The number of aliphatic hydroxyl groups excluding tert-OH is 1. The molecule has 0 amide bonds. The third kappa shape index (κ3) is 3.75. The van der Waals surface area contributed by atoms with Crippen molar-refractivity contribution in [1.82, 2.24) is 4.72 Å². The third-order valence-corrected chi connectivity index (χ3v) is 3.69. The second-order valence-electron chi connectivity index (χ2n) is 3.20. The van der Waals surface area contributed by atoms with Crippen molar-refractivity contribution in [2.45, 2.75) is 11.3 Å². The Labute approximate surface area is 100 Å². The van der Waals surface area contributed by atoms with Gasteiger partial charge in [-0.3, -0.25) is 0 Å². The van der Waals surface area contributed by atoms with Crippen molar-refractivity contribution >= 4 is 21.6 Å². The van der Waals surface area contributed by atoms with E-state index in [1.165, 1.54) is 12.1 Å². The van der Waals surface area contributed by atoms with Crippen LogP contribution in [0.1, 0.15) is 5.56 Å². The minimum absolute atomic E-state index is 0.0196. The van der Waals surface area contributed by atoms with Crippen molar-refractivity contribution in [2.75, 3.05) is 19.0 Å². The molecule has 2 N–H and O–H groups in total. The summed E-state index contributed by atoms with van der Waals surface area (Å²) in [6.45, 7) is -0.199. The number of halogens is 1. The van der Waals surface area contributed by atoms with Crippen LogP contribution in [0.2, 0.25) is 0 Å². The summed E-state index contributed by atoms with van der Waals surface area (Å²) in [6.07, 6.45) is 0.714. The standard InChI is InChI=1S/C10H14ClNO3S/c11-6-5-9-1-3-10(4-2-9)16(14,15)12-7-8-13/h1-4,12-13H,5-8H2. The van der Waals surface area contributed by atoms with Crippen LogP contribution in [-0.4, -0.2) is 32.6 Å². The van der Waals surface area contributed by atoms with Gasteiger partial charge in [0.2, 0.25) is 10.0 Å². The average Bonchev–Trinajstić information content (AvgIpc) is 2.28. The first-order valence-electron chi connectivity index (χ1n) is 4.85. The Bertz CT molecular complexity index is 416. The summed E-state index contributed by atoms with van der Waals surface area (Å²) < 4.78 is 25.5. The number of hydrogen-bond donors (Lipinski definition) is 2. The zero-order valence-corrected chi connectivity index (χ0v) is 10.3. The highest BCUT2D eigenvalue weighted by Crippen LogP contribution is 2.11. The molecule has 0 spiro atoms. The van der Waals surface area contributed by atoms with Crippen LogP contribution in [0.3, 0.4) is 0 Å². The number of alkyl halides is 1. The molecule has 6 heteroatoms. The summed E-state index contributed by atoms with van der Waals surface area (Å²) >= 11 is 5.58. The molecule has 1 rings (SSSR count). The van der Waals surface area contributed by atoms with Crippen LogP contribution in [0.4, 0.5) is 0 Å². The molecule has 90 valence electrons. The van der Waals surface area contributed by atoms with Gasteiger partial charge in [0.15, 0.2) is 0 Å². The van der Waals surface area contributed by atoms with E-state index in [9.17, 15) is 8.42 Å². The molecule has 4 nitrogen and oxygen atoms in total. The molecule has 0 saturated heterocycles. The van der Waals surface area contributed by atoms with Gasteiger partial charge in [-0.2, -0.15) is 0 Å². The number of hydrogen-bond acceptors (Lipinski definition) is 3. The second kappa shape index (κ2) is 6.20. The Balaban J connectivity index is 2.80. The first-order valence-corrected chi connectivity index (χ1v) is 6.87. The minimum atomic E-state index is -3.50. The normalized spacial score (nSPS) is 11.6. The predicted molar refractivity (Wildman–Crippen MR) is 63.1 cm³/mol. The lowest BCUT2D eigenvalue weighted by atomic mass is 10.2. The van der Waals surface area contributed by atoms with E-state index < -0.39 is 10.0 Å². The maximum Gasteiger partial charge on any atom is 0.240 e. The van der Waals surface area contributed by atoms with Gasteiger partial charge in [0, 0.05) is 12.4 Å². The lowest BCUT2D eigenvalue weighted by molar-refractivity contribution is 0.301. The van der Waals surface area contributed by atoms with E-state index in [4.69, 9.17) is 16.7 Å². The molecule has 0 fully saturated rings. The van der Waals surface area contributed by atoms with E-state index in [-0.39, 0.29) is 18.0 Å². The number of benzene rings is 1. The van der Waals surface area contributed by atoms with Gasteiger partial charge in [-0.15, -0.1) is 11.6 Å². The van der Waals surface area contributed by atoms with E-state index >= 15 is 0 Å². The Morgan fingerprint density at radius 3 is 2.38 bits per heavy atom. The molecule has 0 bridgehead atoms. The molecule has 0 aliphatic heterocycles. The molecule has 0 saturated carbocycles. The van der Waals surface area contributed by atoms with Gasteiger partial charge in [-0.05, 0) is 24.1 Å². The van der Waals surface area contributed by atoms with E-state index in [0.717, 1.165) is 5.56 Å². The van der Waals surface area contributed by atoms with Crippen LogP contribution < -0.4 is 4.72 Å². The molecule has 0 radical (unpaired) electrons. The smallest absolute Gasteiger partial charge is 0.240 e. The van der Waals surface area contributed by atoms with Crippen LogP contribution >= 0.6 is 11.6 Å². The van der Waals surface area contributed by atoms with E-state index in [1.807, 2.05) is 0 Å². The van der Waals surface area contributed by atoms with Gasteiger partial charge in [0.25, 0.3) is 0 Å². The molecule has 0 atom stereocenters. The summed E-state index contributed by atoms with van der Waals surface area (Å²) in [5.74, 6) is 0.509. The molecule has 16 heavy (non-hydrogen) atoms. The van der Waals surface area contributed by atoms with Gasteiger partial charge >= 0.3 is 0 Å². The van der Waals surface area contributed by atoms with Gasteiger partial charge in [0.05, 0.1) is 11.5 Å². The highest BCUT2D eigenvalue weighted by molar-refractivity contribution is 7.89. The van der Waals surface area contributed by atoms with Crippen molar-refractivity contribution in [2.24, 2.45) is 0 Å². The molecule has 0 aliphatic carbocycles. The highest BCUT2D eigenvalue weighted by atomic mass is 35.5. The quantitative estimate of drug-likeness (QED) is 0.744. The first-order chi connectivity index (χ1) is 7.60. The Kier molecular flexibility index (Phi) is 5.21. The van der Waals surface area contributed by atoms with Crippen LogP contribution in [0.15, 0.2) is 29.2 Å². The van der Waals surface area contributed by atoms with E-state index in [0.29, 0.717) is 12.3 Å². The maximum atomic E-state index is 11.6. The summed E-state index contributed by atoms with van der Waals surface area (Å²) in [7, 11) is -3.50. The number of aryl methyl sites for hydroxylation is 1. The third-order valence-electron chi connectivity index (χ3n) is 2.02. The van der Waals surface area contributed by atoms with Gasteiger partial charge in [-0.1, -0.05) is 12.1 Å². The molecule has 0 aliphatic rings. The van der Waals surface area contributed by atoms with E-state index in [1.54, 1.807) is 12.1 Å². The summed E-state index contributed by atoms with van der Waals surface area (Å²) in [6, 6.07) is 6.52. The predicted octanol–water partition coefficient (Wildman–Crippen LogP) is 0.738. The molecular formula is C10H14ClNO3S. The molecule has 0 heterocycles. The van der Waals surface area contributed by atoms with Gasteiger partial charge < -0.3 is 5.11 Å². The fourth-order valence-corrected chi connectivity index (χ4v) is 2.45. The lowest BCUT2D eigenvalue weighted by Crippen LogP contribution is -2.26. The molecule has 1 aromatic rings. The van der Waals surface area contributed by atoms with Crippen molar-refractivity contribution in [1.29, 1.82) is 0 Å². The van der Waals surface area contributed by atoms with Crippen molar-refractivity contribution in [3.05, 3.63) is 29.8 Å². The monoisotopic (exact) mass is 263 g/mol. The minimum Gasteiger partial charge on any atom is -0.395 e. The lowest BCUT2D eigenvalue weighted by Gasteiger charge is -2.05. The van der Waals surface area contributed by atoms with Crippen molar-refractivity contribution < 1.29 is 13.5 Å². The van der Waals surface area contributed by atoms with Crippen LogP contribution in [0, 0.1) is 0 Å². The molecule has 0 aromatic heterocycles. The Morgan fingerprint density at radius 2 is 1.88 bits per heavy atom. The molecule has 0 unspecified atom stereocenters.